The monoisotopic (exact) mass is 473 g/mol. The van der Waals surface area contributed by atoms with E-state index in [4.69, 9.17) is 0 Å². The standard InChI is InChI=1S/C26H23N3O4S/c1-17-7-11-19(12-8-17)24-15-22(21-5-3-4-6-23(21)27-24)26(31)29-28-25(30)20-13-9-18(10-14-20)16-34(2,32)33/h3-15H,16H2,1-2H3,(H,28,30)(H,29,31). The van der Waals surface area contributed by atoms with Crippen molar-refractivity contribution in [3.8, 4) is 11.3 Å². The number of nitrogens with zero attached hydrogens (tertiary/aromatic N) is 1. The lowest BCUT2D eigenvalue weighted by Crippen LogP contribution is -2.41. The summed E-state index contributed by atoms with van der Waals surface area (Å²) >= 11 is 0. The highest BCUT2D eigenvalue weighted by Crippen LogP contribution is 2.25. The van der Waals surface area contributed by atoms with Gasteiger partial charge in [0.25, 0.3) is 11.8 Å². The van der Waals surface area contributed by atoms with Gasteiger partial charge < -0.3 is 0 Å². The molecule has 34 heavy (non-hydrogen) atoms. The highest BCUT2D eigenvalue weighted by molar-refractivity contribution is 7.89. The number of hydrogen-bond acceptors (Lipinski definition) is 5. The molecule has 0 bridgehead atoms. The van der Waals surface area contributed by atoms with E-state index in [-0.39, 0.29) is 11.3 Å². The molecule has 4 rings (SSSR count). The maximum Gasteiger partial charge on any atom is 0.270 e. The predicted molar refractivity (Wildman–Crippen MR) is 132 cm³/mol. The molecule has 0 radical (unpaired) electrons. The third-order valence-corrected chi connectivity index (χ3v) is 6.10. The van der Waals surface area contributed by atoms with Crippen LogP contribution in [0.1, 0.15) is 31.8 Å². The Balaban J connectivity index is 1.54. The van der Waals surface area contributed by atoms with E-state index in [1.165, 1.54) is 12.1 Å². The Labute approximate surface area is 197 Å². The van der Waals surface area contributed by atoms with Gasteiger partial charge in [-0.25, -0.2) is 13.4 Å². The topological polar surface area (TPSA) is 105 Å². The summed E-state index contributed by atoms with van der Waals surface area (Å²) in [7, 11) is -3.17. The number of fused-ring (bicyclic) bond motifs is 1. The van der Waals surface area contributed by atoms with E-state index >= 15 is 0 Å². The van der Waals surface area contributed by atoms with Gasteiger partial charge >= 0.3 is 0 Å². The van der Waals surface area contributed by atoms with Gasteiger partial charge in [-0.3, -0.25) is 20.4 Å². The van der Waals surface area contributed by atoms with Crippen molar-refractivity contribution in [3.05, 3.63) is 101 Å². The molecule has 0 saturated carbocycles. The molecule has 0 spiro atoms. The number of aryl methyl sites for hydroxylation is 1. The maximum absolute atomic E-state index is 13.0. The zero-order valence-corrected chi connectivity index (χ0v) is 19.5. The number of para-hydroxylation sites is 1. The summed E-state index contributed by atoms with van der Waals surface area (Å²) in [6, 6.07) is 23.0. The smallest absolute Gasteiger partial charge is 0.267 e. The molecular weight excluding hydrogens is 450 g/mol. The fraction of sp³-hybridized carbons (Fsp3) is 0.115. The second-order valence-corrected chi connectivity index (χ2v) is 10.3. The summed E-state index contributed by atoms with van der Waals surface area (Å²) in [5.41, 5.74) is 9.45. The van der Waals surface area contributed by atoms with Gasteiger partial charge in [0.1, 0.15) is 0 Å². The number of sulfone groups is 1. The van der Waals surface area contributed by atoms with Crippen molar-refractivity contribution in [2.24, 2.45) is 0 Å². The minimum atomic E-state index is -3.17. The number of rotatable bonds is 5. The average Bonchev–Trinajstić information content (AvgIpc) is 2.81. The molecule has 3 aromatic carbocycles. The van der Waals surface area contributed by atoms with Crippen molar-refractivity contribution < 1.29 is 18.0 Å². The number of nitrogens with one attached hydrogen (secondary N) is 2. The van der Waals surface area contributed by atoms with Crippen LogP contribution < -0.4 is 10.9 Å². The molecular formula is C26H23N3O4S. The van der Waals surface area contributed by atoms with Crippen molar-refractivity contribution in [1.29, 1.82) is 0 Å². The van der Waals surface area contributed by atoms with Crippen molar-refractivity contribution in [2.45, 2.75) is 12.7 Å². The van der Waals surface area contributed by atoms with Gasteiger partial charge in [0, 0.05) is 22.8 Å². The molecule has 0 atom stereocenters. The number of hydrazine groups is 1. The SMILES string of the molecule is Cc1ccc(-c2cc(C(=O)NNC(=O)c3ccc(CS(C)(=O)=O)cc3)c3ccccc3n2)cc1. The average molecular weight is 474 g/mol. The van der Waals surface area contributed by atoms with Gasteiger partial charge in [-0.05, 0) is 36.8 Å². The Bertz CT molecular complexity index is 1480. The van der Waals surface area contributed by atoms with Gasteiger partial charge in [-0.1, -0.05) is 60.2 Å². The third-order valence-electron chi connectivity index (χ3n) is 5.24. The van der Waals surface area contributed by atoms with Crippen molar-refractivity contribution in [2.75, 3.05) is 6.26 Å². The van der Waals surface area contributed by atoms with E-state index in [9.17, 15) is 18.0 Å². The van der Waals surface area contributed by atoms with Crippen LogP contribution in [0.3, 0.4) is 0 Å². The first-order valence-electron chi connectivity index (χ1n) is 10.5. The van der Waals surface area contributed by atoms with E-state index < -0.39 is 21.7 Å². The molecule has 1 aromatic heterocycles. The number of benzene rings is 3. The summed E-state index contributed by atoms with van der Waals surface area (Å²) in [5, 5.41) is 0.662. The summed E-state index contributed by atoms with van der Waals surface area (Å²) in [4.78, 5) is 30.2. The normalized spacial score (nSPS) is 11.2. The van der Waals surface area contributed by atoms with Crippen LogP contribution in [0.4, 0.5) is 0 Å². The first-order valence-corrected chi connectivity index (χ1v) is 12.6. The van der Waals surface area contributed by atoms with Gasteiger partial charge in [0.05, 0.1) is 22.5 Å². The molecule has 4 aromatic rings. The lowest BCUT2D eigenvalue weighted by molar-refractivity contribution is 0.0847. The van der Waals surface area contributed by atoms with E-state index in [0.717, 1.165) is 17.4 Å². The minimum Gasteiger partial charge on any atom is -0.267 e. The fourth-order valence-corrected chi connectivity index (χ4v) is 4.34. The highest BCUT2D eigenvalue weighted by Gasteiger charge is 2.15. The number of carbonyl (C=O) groups is 2. The van der Waals surface area contributed by atoms with Crippen LogP contribution in [0.5, 0.6) is 0 Å². The molecule has 0 fully saturated rings. The molecule has 0 unspecified atom stereocenters. The minimum absolute atomic E-state index is 0.107. The molecule has 8 heteroatoms. The Morgan fingerprint density at radius 2 is 1.50 bits per heavy atom. The molecule has 0 saturated heterocycles. The molecule has 7 nitrogen and oxygen atoms in total. The van der Waals surface area contributed by atoms with Crippen molar-refractivity contribution in [1.82, 2.24) is 15.8 Å². The van der Waals surface area contributed by atoms with Gasteiger partial charge in [0.15, 0.2) is 9.84 Å². The van der Waals surface area contributed by atoms with E-state index in [2.05, 4.69) is 15.8 Å². The lowest BCUT2D eigenvalue weighted by Gasteiger charge is -2.12. The van der Waals surface area contributed by atoms with Gasteiger partial charge in [0.2, 0.25) is 0 Å². The molecule has 2 N–H and O–H groups in total. The molecule has 172 valence electrons. The van der Waals surface area contributed by atoms with Crippen LogP contribution in [0.15, 0.2) is 78.9 Å². The zero-order valence-electron chi connectivity index (χ0n) is 18.7. The quantitative estimate of drug-likeness (QED) is 0.429. The second kappa shape index (κ2) is 9.44. The Morgan fingerprint density at radius 1 is 0.853 bits per heavy atom. The lowest BCUT2D eigenvalue weighted by atomic mass is 10.0. The Morgan fingerprint density at radius 3 is 2.18 bits per heavy atom. The second-order valence-electron chi connectivity index (χ2n) is 8.11. The summed E-state index contributed by atoms with van der Waals surface area (Å²) < 4.78 is 22.8. The van der Waals surface area contributed by atoms with Crippen LogP contribution >= 0.6 is 0 Å². The van der Waals surface area contributed by atoms with E-state index in [0.29, 0.717) is 27.7 Å². The predicted octanol–water partition coefficient (Wildman–Crippen LogP) is 3.83. The summed E-state index contributed by atoms with van der Waals surface area (Å²) in [6.45, 7) is 2.00. The number of aromatic nitrogens is 1. The van der Waals surface area contributed by atoms with Crippen LogP contribution in [0.2, 0.25) is 0 Å². The summed E-state index contributed by atoms with van der Waals surface area (Å²) in [6.07, 6.45) is 1.15. The van der Waals surface area contributed by atoms with Gasteiger partial charge in [-0.15, -0.1) is 0 Å². The van der Waals surface area contributed by atoms with E-state index in [1.807, 2.05) is 49.4 Å². The van der Waals surface area contributed by atoms with Crippen LogP contribution in [0.25, 0.3) is 22.2 Å². The van der Waals surface area contributed by atoms with Crippen LogP contribution in [-0.4, -0.2) is 31.5 Å². The van der Waals surface area contributed by atoms with Crippen LogP contribution in [0, 0.1) is 6.92 Å². The number of amides is 2. The fourth-order valence-electron chi connectivity index (χ4n) is 3.54. The number of pyridine rings is 1. The number of hydrogen-bond donors (Lipinski definition) is 2. The highest BCUT2D eigenvalue weighted by atomic mass is 32.2. The van der Waals surface area contributed by atoms with Gasteiger partial charge in [-0.2, -0.15) is 0 Å². The number of carbonyl (C=O) groups excluding carboxylic acids is 2. The largest absolute Gasteiger partial charge is 0.270 e. The Hall–Kier alpha value is -4.04. The zero-order chi connectivity index (χ0) is 24.3. The Kier molecular flexibility index (Phi) is 6.43. The van der Waals surface area contributed by atoms with Crippen molar-refractivity contribution in [3.63, 3.8) is 0 Å². The maximum atomic E-state index is 13.0. The molecule has 1 heterocycles. The molecule has 0 aliphatic rings. The van der Waals surface area contributed by atoms with Crippen LogP contribution in [-0.2, 0) is 15.6 Å². The summed E-state index contributed by atoms with van der Waals surface area (Å²) in [5.74, 6) is -1.10. The molecule has 0 aliphatic heterocycles. The molecule has 0 aliphatic carbocycles. The third kappa shape index (κ3) is 5.47. The first-order chi connectivity index (χ1) is 16.2. The molecule has 2 amide bonds. The first kappa shape index (κ1) is 23.1. The van der Waals surface area contributed by atoms with E-state index in [1.54, 1.807) is 24.3 Å². The van der Waals surface area contributed by atoms with Crippen molar-refractivity contribution >= 4 is 32.6 Å².